The number of cyclic esters (lactones) is 1. The summed E-state index contributed by atoms with van der Waals surface area (Å²) in [4.78, 5) is 31.6. The van der Waals surface area contributed by atoms with Crippen LogP contribution in [0.2, 0.25) is 0 Å². The van der Waals surface area contributed by atoms with E-state index in [-0.39, 0.29) is 18.8 Å². The van der Waals surface area contributed by atoms with Crippen molar-refractivity contribution >= 4 is 11.9 Å². The molecule has 0 aliphatic carbocycles. The van der Waals surface area contributed by atoms with Crippen molar-refractivity contribution in [3.05, 3.63) is 0 Å². The minimum absolute atomic E-state index is 0.121. The quantitative estimate of drug-likeness (QED) is 0.476. The molecule has 0 spiro atoms. The Morgan fingerprint density at radius 1 is 1.12 bits per heavy atom. The predicted molar refractivity (Wildman–Crippen MR) is 54.1 cm³/mol. The van der Waals surface area contributed by atoms with Gasteiger partial charge in [0.05, 0.1) is 13.2 Å². The zero-order chi connectivity index (χ0) is 11.8. The Morgan fingerprint density at radius 3 is 2.69 bits per heavy atom. The largest absolute Gasteiger partial charge is 0.466 e. The maximum Gasteiger partial charge on any atom is 0.358 e. The van der Waals surface area contributed by atoms with Crippen LogP contribution in [0.25, 0.3) is 0 Å². The minimum atomic E-state index is -0.840. The Labute approximate surface area is 94.0 Å². The summed E-state index contributed by atoms with van der Waals surface area (Å²) >= 11 is 0. The van der Waals surface area contributed by atoms with Gasteiger partial charge in [0.15, 0.2) is 0 Å². The third-order valence-corrected chi connectivity index (χ3v) is 2.24. The maximum atomic E-state index is 11.2. The van der Waals surface area contributed by atoms with Crippen molar-refractivity contribution in [2.75, 3.05) is 13.2 Å². The molecule has 1 rings (SSSR count). The van der Waals surface area contributed by atoms with Gasteiger partial charge in [0.1, 0.15) is 6.04 Å². The van der Waals surface area contributed by atoms with Gasteiger partial charge >= 0.3 is 11.9 Å². The van der Waals surface area contributed by atoms with Crippen LogP contribution in [0.3, 0.4) is 0 Å². The molecule has 6 heteroatoms. The fraction of sp³-hybridized carbons (Fsp3) is 0.800. The number of hydrogen-bond donors (Lipinski definition) is 1. The van der Waals surface area contributed by atoms with Crippen LogP contribution in [0, 0.1) is 0 Å². The Hall–Kier alpha value is -1.14. The summed E-state index contributed by atoms with van der Waals surface area (Å²) in [6.45, 7) is 0.745. The van der Waals surface area contributed by atoms with Crippen molar-refractivity contribution in [3.63, 3.8) is 0 Å². The molecule has 0 saturated carbocycles. The molecule has 0 aromatic rings. The molecule has 1 aliphatic heterocycles. The van der Waals surface area contributed by atoms with Crippen molar-refractivity contribution in [2.45, 2.75) is 38.1 Å². The van der Waals surface area contributed by atoms with E-state index < -0.39 is 12.0 Å². The second-order valence-electron chi connectivity index (χ2n) is 3.65. The lowest BCUT2D eigenvalue weighted by atomic mass is 10.2. The lowest BCUT2D eigenvalue weighted by Crippen LogP contribution is -2.33. The van der Waals surface area contributed by atoms with Gasteiger partial charge in [0, 0.05) is 6.42 Å². The lowest BCUT2D eigenvalue weighted by molar-refractivity contribution is -0.273. The van der Waals surface area contributed by atoms with E-state index >= 15 is 0 Å². The number of hydrogen-bond acceptors (Lipinski definition) is 6. The van der Waals surface area contributed by atoms with E-state index in [9.17, 15) is 9.59 Å². The van der Waals surface area contributed by atoms with Crippen LogP contribution in [0.4, 0.5) is 0 Å². The highest BCUT2D eigenvalue weighted by Crippen LogP contribution is 2.04. The van der Waals surface area contributed by atoms with Crippen molar-refractivity contribution in [3.8, 4) is 0 Å². The predicted octanol–water partition coefficient (Wildman–Crippen LogP) is 0.296. The van der Waals surface area contributed by atoms with E-state index in [0.717, 1.165) is 19.3 Å². The number of carbonyl (C=O) groups excluding carboxylic acids is 2. The number of nitrogens with two attached hydrogens (primary N) is 1. The van der Waals surface area contributed by atoms with Crippen LogP contribution in [0.15, 0.2) is 0 Å². The molecule has 0 radical (unpaired) electrons. The first-order valence-electron chi connectivity index (χ1n) is 5.44. The SMILES string of the molecule is N[C@H]1CCC(=O)OCCCCCOOC1=O. The van der Waals surface area contributed by atoms with Crippen molar-refractivity contribution in [1.82, 2.24) is 0 Å². The van der Waals surface area contributed by atoms with Gasteiger partial charge in [-0.3, -0.25) is 9.68 Å². The summed E-state index contributed by atoms with van der Waals surface area (Å²) in [6.07, 6.45) is 2.73. The van der Waals surface area contributed by atoms with Gasteiger partial charge in [-0.15, -0.1) is 0 Å². The minimum Gasteiger partial charge on any atom is -0.466 e. The lowest BCUT2D eigenvalue weighted by Gasteiger charge is -2.08. The highest BCUT2D eigenvalue weighted by molar-refractivity contribution is 5.76. The molecule has 0 aromatic carbocycles. The summed E-state index contributed by atoms with van der Waals surface area (Å²) < 4.78 is 4.95. The normalized spacial score (nSPS) is 25.7. The second-order valence-corrected chi connectivity index (χ2v) is 3.65. The summed E-state index contributed by atoms with van der Waals surface area (Å²) in [5.74, 6) is -0.976. The zero-order valence-electron chi connectivity index (χ0n) is 9.15. The fourth-order valence-electron chi connectivity index (χ4n) is 1.25. The van der Waals surface area contributed by atoms with E-state index in [1.807, 2.05) is 0 Å². The molecule has 1 saturated heterocycles. The molecule has 0 amide bonds. The highest BCUT2D eigenvalue weighted by atomic mass is 17.2. The Kier molecular flexibility index (Phi) is 5.81. The van der Waals surface area contributed by atoms with E-state index in [1.54, 1.807) is 0 Å². The molecule has 92 valence electrons. The number of ether oxygens (including phenoxy) is 1. The van der Waals surface area contributed by atoms with E-state index in [2.05, 4.69) is 4.89 Å². The molecule has 6 nitrogen and oxygen atoms in total. The average molecular weight is 231 g/mol. The zero-order valence-corrected chi connectivity index (χ0v) is 9.15. The van der Waals surface area contributed by atoms with Crippen LogP contribution in [-0.2, 0) is 24.1 Å². The third-order valence-electron chi connectivity index (χ3n) is 2.24. The molecular formula is C10H17NO5. The van der Waals surface area contributed by atoms with Crippen LogP contribution >= 0.6 is 0 Å². The first kappa shape index (κ1) is 12.9. The fourth-order valence-corrected chi connectivity index (χ4v) is 1.25. The van der Waals surface area contributed by atoms with Gasteiger partial charge in [-0.05, 0) is 25.7 Å². The van der Waals surface area contributed by atoms with Gasteiger partial charge in [0.25, 0.3) is 0 Å². The van der Waals surface area contributed by atoms with Crippen LogP contribution in [0.5, 0.6) is 0 Å². The molecule has 1 aliphatic rings. The van der Waals surface area contributed by atoms with Gasteiger partial charge in [-0.25, -0.2) is 4.79 Å². The molecule has 16 heavy (non-hydrogen) atoms. The molecule has 1 atom stereocenters. The highest BCUT2D eigenvalue weighted by Gasteiger charge is 2.18. The van der Waals surface area contributed by atoms with Gasteiger partial charge in [-0.1, -0.05) is 0 Å². The van der Waals surface area contributed by atoms with Crippen molar-refractivity contribution in [1.29, 1.82) is 0 Å². The summed E-state index contributed by atoms with van der Waals surface area (Å²) in [5.41, 5.74) is 5.50. The summed E-state index contributed by atoms with van der Waals surface area (Å²) in [7, 11) is 0. The van der Waals surface area contributed by atoms with Crippen molar-refractivity contribution < 1.29 is 24.1 Å². The van der Waals surface area contributed by atoms with Crippen LogP contribution < -0.4 is 5.73 Å². The van der Waals surface area contributed by atoms with E-state index in [4.69, 9.17) is 15.4 Å². The van der Waals surface area contributed by atoms with Gasteiger partial charge in [-0.2, -0.15) is 4.89 Å². The molecule has 2 N–H and O–H groups in total. The Balaban J connectivity index is 2.39. The summed E-state index contributed by atoms with van der Waals surface area (Å²) in [5, 5.41) is 0. The standard InChI is InChI=1S/C10H17NO5/c11-8-4-5-9(12)14-6-2-1-3-7-15-16-10(8)13/h8H,1-7,11H2/t8-/m0/s1. The van der Waals surface area contributed by atoms with Gasteiger partial charge < -0.3 is 10.5 Å². The first-order valence-corrected chi connectivity index (χ1v) is 5.44. The first-order chi connectivity index (χ1) is 7.70. The second kappa shape index (κ2) is 7.19. The number of esters is 1. The van der Waals surface area contributed by atoms with E-state index in [0.29, 0.717) is 13.2 Å². The summed E-state index contributed by atoms with van der Waals surface area (Å²) in [6, 6.07) is -0.840. The van der Waals surface area contributed by atoms with Gasteiger partial charge in [0.2, 0.25) is 0 Å². The van der Waals surface area contributed by atoms with E-state index in [1.165, 1.54) is 0 Å². The smallest absolute Gasteiger partial charge is 0.358 e. The molecular weight excluding hydrogens is 214 g/mol. The molecule has 0 bridgehead atoms. The van der Waals surface area contributed by atoms with Crippen LogP contribution in [0.1, 0.15) is 32.1 Å². The maximum absolute atomic E-state index is 11.2. The number of carbonyl (C=O) groups is 2. The monoisotopic (exact) mass is 231 g/mol. The van der Waals surface area contributed by atoms with Crippen molar-refractivity contribution in [2.24, 2.45) is 5.73 Å². The molecule has 0 unspecified atom stereocenters. The molecule has 0 aromatic heterocycles. The van der Waals surface area contributed by atoms with Crippen LogP contribution in [-0.4, -0.2) is 31.2 Å². The number of rotatable bonds is 0. The molecule has 1 heterocycles. The molecule has 1 fully saturated rings. The average Bonchev–Trinajstić information content (AvgIpc) is 2.29. The topological polar surface area (TPSA) is 87.9 Å². The Morgan fingerprint density at radius 2 is 1.88 bits per heavy atom. The Bertz CT molecular complexity index is 243. The third kappa shape index (κ3) is 5.09.